The standard InChI is InChI=1S/C12H22N2O5S/c1-10(12(15)16)13-4-6-14(7-5-13)20(17,18)11-2-8-19-9-3-11/h10-11H,2-9H2,1H3,(H,15,16). The Balaban J connectivity index is 1.94. The molecule has 7 nitrogen and oxygen atoms in total. The molecule has 116 valence electrons. The van der Waals surface area contributed by atoms with Crippen molar-refractivity contribution in [3.05, 3.63) is 0 Å². The summed E-state index contributed by atoms with van der Waals surface area (Å²) in [6.45, 7) is 4.31. The first-order valence-corrected chi connectivity index (χ1v) is 8.47. The first kappa shape index (κ1) is 15.7. The minimum atomic E-state index is -3.28. The van der Waals surface area contributed by atoms with E-state index in [-0.39, 0.29) is 5.25 Å². The first-order valence-electron chi connectivity index (χ1n) is 6.96. The fraction of sp³-hybridized carbons (Fsp3) is 0.917. The largest absolute Gasteiger partial charge is 0.480 e. The number of piperazine rings is 1. The van der Waals surface area contributed by atoms with Gasteiger partial charge in [0, 0.05) is 39.4 Å². The number of sulfonamides is 1. The molecule has 0 aliphatic carbocycles. The molecular formula is C12H22N2O5S. The Morgan fingerprint density at radius 1 is 1.20 bits per heavy atom. The molecule has 2 aliphatic heterocycles. The summed E-state index contributed by atoms with van der Waals surface area (Å²) in [6, 6.07) is -0.567. The second-order valence-electron chi connectivity index (χ2n) is 5.31. The number of hydrogen-bond donors (Lipinski definition) is 1. The summed E-state index contributed by atoms with van der Waals surface area (Å²) in [5, 5.41) is 8.63. The van der Waals surface area contributed by atoms with Crippen LogP contribution in [-0.2, 0) is 19.6 Å². The van der Waals surface area contributed by atoms with E-state index in [2.05, 4.69) is 0 Å². The highest BCUT2D eigenvalue weighted by Crippen LogP contribution is 2.21. The van der Waals surface area contributed by atoms with Crippen molar-refractivity contribution in [2.45, 2.75) is 31.1 Å². The van der Waals surface area contributed by atoms with E-state index in [0.29, 0.717) is 52.2 Å². The maximum absolute atomic E-state index is 12.5. The lowest BCUT2D eigenvalue weighted by atomic mass is 10.2. The molecule has 0 aromatic carbocycles. The van der Waals surface area contributed by atoms with Crippen molar-refractivity contribution in [1.82, 2.24) is 9.21 Å². The zero-order chi connectivity index (χ0) is 14.8. The van der Waals surface area contributed by atoms with Gasteiger partial charge in [0.1, 0.15) is 6.04 Å². The number of hydrogen-bond acceptors (Lipinski definition) is 5. The Hall–Kier alpha value is -0.700. The molecule has 2 rings (SSSR count). The van der Waals surface area contributed by atoms with Gasteiger partial charge in [-0.2, -0.15) is 4.31 Å². The second kappa shape index (κ2) is 6.38. The van der Waals surface area contributed by atoms with Gasteiger partial charge in [-0.1, -0.05) is 0 Å². The maximum atomic E-state index is 12.5. The van der Waals surface area contributed by atoms with Gasteiger partial charge in [0.15, 0.2) is 0 Å². The van der Waals surface area contributed by atoms with Gasteiger partial charge in [-0.15, -0.1) is 0 Å². The summed E-state index contributed by atoms with van der Waals surface area (Å²) in [6.07, 6.45) is 1.10. The van der Waals surface area contributed by atoms with Crippen LogP contribution in [0.1, 0.15) is 19.8 Å². The lowest BCUT2D eigenvalue weighted by Crippen LogP contribution is -2.55. The highest BCUT2D eigenvalue weighted by molar-refractivity contribution is 7.89. The topological polar surface area (TPSA) is 87.2 Å². The predicted molar refractivity (Wildman–Crippen MR) is 73.0 cm³/mol. The van der Waals surface area contributed by atoms with Crippen molar-refractivity contribution < 1.29 is 23.1 Å². The number of carbonyl (C=O) groups is 1. The van der Waals surface area contributed by atoms with Crippen molar-refractivity contribution in [2.24, 2.45) is 0 Å². The number of nitrogens with zero attached hydrogens (tertiary/aromatic N) is 2. The van der Waals surface area contributed by atoms with E-state index in [1.807, 2.05) is 0 Å². The molecular weight excluding hydrogens is 284 g/mol. The number of carboxylic acid groups (broad SMARTS) is 1. The maximum Gasteiger partial charge on any atom is 0.320 e. The van der Waals surface area contributed by atoms with Crippen molar-refractivity contribution in [3.8, 4) is 0 Å². The summed E-state index contributed by atoms with van der Waals surface area (Å²) in [4.78, 5) is 12.7. The molecule has 0 radical (unpaired) electrons. The molecule has 2 heterocycles. The van der Waals surface area contributed by atoms with Gasteiger partial charge in [-0.25, -0.2) is 8.42 Å². The third-order valence-corrected chi connectivity index (χ3v) is 6.53. The Labute approximate surface area is 119 Å². The molecule has 1 N–H and O–H groups in total. The van der Waals surface area contributed by atoms with Gasteiger partial charge in [0.2, 0.25) is 10.0 Å². The molecule has 2 saturated heterocycles. The average molecular weight is 306 g/mol. The predicted octanol–water partition coefficient (Wildman–Crippen LogP) is -0.414. The van der Waals surface area contributed by atoms with Gasteiger partial charge in [0.25, 0.3) is 0 Å². The SMILES string of the molecule is CC(C(=O)O)N1CCN(S(=O)(=O)C2CCOCC2)CC1. The van der Waals surface area contributed by atoms with Crippen LogP contribution in [0.3, 0.4) is 0 Å². The molecule has 2 fully saturated rings. The van der Waals surface area contributed by atoms with Crippen LogP contribution >= 0.6 is 0 Å². The van der Waals surface area contributed by atoms with Gasteiger partial charge < -0.3 is 9.84 Å². The summed E-state index contributed by atoms with van der Waals surface area (Å²) in [5.74, 6) is -0.870. The molecule has 20 heavy (non-hydrogen) atoms. The van der Waals surface area contributed by atoms with Gasteiger partial charge in [0.05, 0.1) is 5.25 Å². The number of rotatable bonds is 4. The van der Waals surface area contributed by atoms with E-state index in [4.69, 9.17) is 9.84 Å². The normalized spacial score (nSPS) is 25.4. The number of carboxylic acids is 1. The Bertz CT molecular complexity index is 439. The monoisotopic (exact) mass is 306 g/mol. The first-order chi connectivity index (χ1) is 9.43. The Morgan fingerprint density at radius 3 is 2.25 bits per heavy atom. The van der Waals surface area contributed by atoms with Crippen molar-refractivity contribution >= 4 is 16.0 Å². The summed E-state index contributed by atoms with van der Waals surface area (Å²) in [5.41, 5.74) is 0. The Kier molecular flexibility index (Phi) is 5.00. The fourth-order valence-electron chi connectivity index (χ4n) is 2.69. The van der Waals surface area contributed by atoms with Crippen LogP contribution < -0.4 is 0 Å². The molecule has 1 unspecified atom stereocenters. The molecule has 0 aromatic rings. The molecule has 0 spiro atoms. The number of ether oxygens (including phenoxy) is 1. The van der Waals surface area contributed by atoms with E-state index < -0.39 is 22.0 Å². The zero-order valence-electron chi connectivity index (χ0n) is 11.7. The van der Waals surface area contributed by atoms with E-state index in [9.17, 15) is 13.2 Å². The molecule has 0 bridgehead atoms. The van der Waals surface area contributed by atoms with E-state index >= 15 is 0 Å². The lowest BCUT2D eigenvalue weighted by Gasteiger charge is -2.38. The second-order valence-corrected chi connectivity index (χ2v) is 7.52. The minimum absolute atomic E-state index is 0.348. The number of aliphatic carboxylic acids is 1. The fourth-order valence-corrected chi connectivity index (χ4v) is 4.57. The van der Waals surface area contributed by atoms with Crippen molar-refractivity contribution in [1.29, 1.82) is 0 Å². The smallest absolute Gasteiger partial charge is 0.320 e. The summed E-state index contributed by atoms with van der Waals surface area (Å²) in [7, 11) is -3.28. The van der Waals surface area contributed by atoms with Crippen LogP contribution in [0, 0.1) is 0 Å². The molecule has 0 amide bonds. The minimum Gasteiger partial charge on any atom is -0.480 e. The van der Waals surface area contributed by atoms with Crippen LogP contribution in [0.4, 0.5) is 0 Å². The highest BCUT2D eigenvalue weighted by atomic mass is 32.2. The van der Waals surface area contributed by atoms with Crippen LogP contribution in [0.25, 0.3) is 0 Å². The third-order valence-electron chi connectivity index (χ3n) is 4.13. The third kappa shape index (κ3) is 3.30. The lowest BCUT2D eigenvalue weighted by molar-refractivity contribution is -0.143. The molecule has 0 saturated carbocycles. The Morgan fingerprint density at radius 2 is 1.75 bits per heavy atom. The quantitative estimate of drug-likeness (QED) is 0.759. The van der Waals surface area contributed by atoms with Crippen molar-refractivity contribution in [2.75, 3.05) is 39.4 Å². The van der Waals surface area contributed by atoms with Gasteiger partial charge >= 0.3 is 5.97 Å². The molecule has 2 aliphatic rings. The molecule has 8 heteroatoms. The van der Waals surface area contributed by atoms with Crippen LogP contribution in [-0.4, -0.2) is 79.4 Å². The highest BCUT2D eigenvalue weighted by Gasteiger charge is 2.36. The van der Waals surface area contributed by atoms with Crippen LogP contribution in [0.5, 0.6) is 0 Å². The van der Waals surface area contributed by atoms with Gasteiger partial charge in [-0.05, 0) is 19.8 Å². The van der Waals surface area contributed by atoms with Gasteiger partial charge in [-0.3, -0.25) is 9.69 Å². The summed E-state index contributed by atoms with van der Waals surface area (Å²) < 4.78 is 31.7. The molecule has 0 aromatic heterocycles. The summed E-state index contributed by atoms with van der Waals surface area (Å²) >= 11 is 0. The average Bonchev–Trinajstić information content (AvgIpc) is 2.47. The molecule has 1 atom stereocenters. The van der Waals surface area contributed by atoms with E-state index in [1.165, 1.54) is 4.31 Å². The van der Waals surface area contributed by atoms with Crippen molar-refractivity contribution in [3.63, 3.8) is 0 Å². The zero-order valence-corrected chi connectivity index (χ0v) is 12.5. The van der Waals surface area contributed by atoms with Crippen LogP contribution in [0.2, 0.25) is 0 Å². The van der Waals surface area contributed by atoms with E-state index in [0.717, 1.165) is 0 Å². The van der Waals surface area contributed by atoms with E-state index in [1.54, 1.807) is 11.8 Å². The van der Waals surface area contributed by atoms with Crippen LogP contribution in [0.15, 0.2) is 0 Å².